The molecule has 2 heterocycles. The lowest BCUT2D eigenvalue weighted by Crippen LogP contribution is -1.91. The number of hydrogen-bond acceptors (Lipinski definition) is 2. The van der Waals surface area contributed by atoms with Crippen LogP contribution in [0.15, 0.2) is 91.0 Å². The lowest BCUT2D eigenvalue weighted by atomic mass is 10.1. The van der Waals surface area contributed by atoms with Crippen LogP contribution in [0, 0.1) is 0 Å². The van der Waals surface area contributed by atoms with Gasteiger partial charge >= 0.3 is 0 Å². The van der Waals surface area contributed by atoms with E-state index in [9.17, 15) is 0 Å². The Labute approximate surface area is 157 Å². The fourth-order valence-corrected chi connectivity index (χ4v) is 3.65. The molecular formula is C24H18N2O. The Hall–Kier alpha value is -3.59. The second kappa shape index (κ2) is 6.29. The van der Waals surface area contributed by atoms with E-state index < -0.39 is 0 Å². The van der Waals surface area contributed by atoms with Gasteiger partial charge in [-0.15, -0.1) is 0 Å². The van der Waals surface area contributed by atoms with Crippen molar-refractivity contribution in [1.29, 1.82) is 0 Å². The number of imidazole rings is 1. The van der Waals surface area contributed by atoms with Gasteiger partial charge in [0.25, 0.3) is 0 Å². The minimum atomic E-state index is 0.824. The van der Waals surface area contributed by atoms with Gasteiger partial charge < -0.3 is 4.74 Å². The Balaban J connectivity index is 1.93. The molecule has 0 atom stereocenters. The third-order valence-electron chi connectivity index (χ3n) is 4.91. The Kier molecular flexibility index (Phi) is 3.65. The van der Waals surface area contributed by atoms with Crippen LogP contribution in [0.3, 0.4) is 0 Å². The predicted octanol–water partition coefficient (Wildman–Crippen LogP) is 5.83. The molecule has 0 aliphatic heterocycles. The number of rotatable bonds is 3. The molecule has 27 heavy (non-hydrogen) atoms. The normalized spacial score (nSPS) is 11.1. The quantitative estimate of drug-likeness (QED) is 0.409. The summed E-state index contributed by atoms with van der Waals surface area (Å²) in [7, 11) is 1.70. The summed E-state index contributed by atoms with van der Waals surface area (Å²) in [6, 6.07) is 31.1. The number of para-hydroxylation sites is 2. The molecule has 0 unspecified atom stereocenters. The third kappa shape index (κ3) is 2.48. The maximum absolute atomic E-state index is 5.60. The smallest absolute Gasteiger partial charge is 0.145 e. The predicted molar refractivity (Wildman–Crippen MR) is 110 cm³/mol. The van der Waals surface area contributed by atoms with Crippen LogP contribution >= 0.6 is 0 Å². The van der Waals surface area contributed by atoms with E-state index in [0.29, 0.717) is 0 Å². The zero-order chi connectivity index (χ0) is 18.2. The van der Waals surface area contributed by atoms with Crippen LogP contribution in [0.4, 0.5) is 0 Å². The fourth-order valence-electron chi connectivity index (χ4n) is 3.65. The Morgan fingerprint density at radius 2 is 1.44 bits per heavy atom. The minimum absolute atomic E-state index is 0.824. The average molecular weight is 350 g/mol. The molecule has 2 aromatic heterocycles. The molecule has 130 valence electrons. The van der Waals surface area contributed by atoms with Crippen molar-refractivity contribution >= 4 is 16.4 Å². The summed E-state index contributed by atoms with van der Waals surface area (Å²) in [4.78, 5) is 5.07. The molecule has 0 saturated carbocycles. The van der Waals surface area contributed by atoms with E-state index in [1.54, 1.807) is 7.11 Å². The summed E-state index contributed by atoms with van der Waals surface area (Å²) in [6.45, 7) is 0. The van der Waals surface area contributed by atoms with Gasteiger partial charge in [-0.2, -0.15) is 0 Å². The highest BCUT2D eigenvalue weighted by Crippen LogP contribution is 2.36. The number of fused-ring (bicyclic) bond motifs is 3. The second-order valence-corrected chi connectivity index (χ2v) is 6.46. The van der Waals surface area contributed by atoms with Crippen LogP contribution in [0.1, 0.15) is 0 Å². The first-order chi connectivity index (χ1) is 13.4. The Morgan fingerprint density at radius 1 is 0.704 bits per heavy atom. The first-order valence-electron chi connectivity index (χ1n) is 8.96. The molecular weight excluding hydrogens is 332 g/mol. The fraction of sp³-hybridized carbons (Fsp3) is 0.0417. The lowest BCUT2D eigenvalue weighted by molar-refractivity contribution is 0.416. The van der Waals surface area contributed by atoms with Gasteiger partial charge in [-0.25, -0.2) is 4.98 Å². The highest BCUT2D eigenvalue weighted by atomic mass is 16.5. The zero-order valence-electron chi connectivity index (χ0n) is 15.0. The Bertz CT molecular complexity index is 1260. The summed E-state index contributed by atoms with van der Waals surface area (Å²) in [5.41, 5.74) is 5.22. The standard InChI is InChI=1S/C24H18N2O/c1-27-22-14-8-6-12-19(22)23-21-16-15-17-9-5-7-13-20(17)26(21)24(25-23)18-10-3-2-4-11-18/h2-16H,1H3. The highest BCUT2D eigenvalue weighted by molar-refractivity contribution is 5.92. The van der Waals surface area contributed by atoms with Crippen molar-refractivity contribution in [2.24, 2.45) is 0 Å². The molecule has 0 saturated heterocycles. The molecule has 0 fully saturated rings. The summed E-state index contributed by atoms with van der Waals surface area (Å²) in [6.07, 6.45) is 0. The molecule has 0 aliphatic rings. The monoisotopic (exact) mass is 350 g/mol. The first-order valence-corrected chi connectivity index (χ1v) is 8.96. The lowest BCUT2D eigenvalue weighted by Gasteiger charge is -2.07. The van der Waals surface area contributed by atoms with E-state index in [2.05, 4.69) is 59.0 Å². The van der Waals surface area contributed by atoms with Crippen molar-refractivity contribution < 1.29 is 4.74 Å². The van der Waals surface area contributed by atoms with Gasteiger partial charge in [0.15, 0.2) is 0 Å². The number of hydrogen-bond donors (Lipinski definition) is 0. The van der Waals surface area contributed by atoms with Gasteiger partial charge in [-0.3, -0.25) is 4.40 Å². The minimum Gasteiger partial charge on any atom is -0.496 e. The largest absolute Gasteiger partial charge is 0.496 e. The van der Waals surface area contributed by atoms with Crippen LogP contribution in [0.25, 0.3) is 39.1 Å². The highest BCUT2D eigenvalue weighted by Gasteiger charge is 2.18. The zero-order valence-corrected chi connectivity index (χ0v) is 15.0. The second-order valence-electron chi connectivity index (χ2n) is 6.46. The molecule has 0 N–H and O–H groups in total. The van der Waals surface area contributed by atoms with Crippen molar-refractivity contribution in [1.82, 2.24) is 9.38 Å². The number of nitrogens with zero attached hydrogens (tertiary/aromatic N) is 2. The maximum Gasteiger partial charge on any atom is 0.145 e. The number of ether oxygens (including phenoxy) is 1. The van der Waals surface area contributed by atoms with Crippen molar-refractivity contribution in [2.75, 3.05) is 7.11 Å². The van der Waals surface area contributed by atoms with Crippen LogP contribution in [-0.4, -0.2) is 16.5 Å². The topological polar surface area (TPSA) is 26.5 Å². The van der Waals surface area contributed by atoms with E-state index in [1.165, 1.54) is 5.39 Å². The van der Waals surface area contributed by atoms with Crippen molar-refractivity contribution in [3.63, 3.8) is 0 Å². The van der Waals surface area contributed by atoms with Crippen molar-refractivity contribution in [3.8, 4) is 28.4 Å². The Morgan fingerprint density at radius 3 is 2.30 bits per heavy atom. The molecule has 3 aromatic carbocycles. The van der Waals surface area contributed by atoms with E-state index in [1.807, 2.05) is 36.4 Å². The van der Waals surface area contributed by atoms with Gasteiger partial charge in [0.2, 0.25) is 0 Å². The maximum atomic E-state index is 5.60. The summed E-state index contributed by atoms with van der Waals surface area (Å²) < 4.78 is 7.84. The van der Waals surface area contributed by atoms with Gasteiger partial charge in [0.05, 0.1) is 18.1 Å². The van der Waals surface area contributed by atoms with Crippen LogP contribution in [-0.2, 0) is 0 Å². The van der Waals surface area contributed by atoms with E-state index >= 15 is 0 Å². The number of pyridine rings is 1. The van der Waals surface area contributed by atoms with E-state index in [0.717, 1.165) is 39.4 Å². The van der Waals surface area contributed by atoms with Crippen LogP contribution < -0.4 is 4.74 Å². The van der Waals surface area contributed by atoms with Gasteiger partial charge in [-0.1, -0.05) is 66.7 Å². The number of benzene rings is 3. The molecule has 0 amide bonds. The third-order valence-corrected chi connectivity index (χ3v) is 4.91. The average Bonchev–Trinajstić information content (AvgIpc) is 3.14. The van der Waals surface area contributed by atoms with Crippen molar-refractivity contribution in [3.05, 3.63) is 91.0 Å². The van der Waals surface area contributed by atoms with Gasteiger partial charge in [-0.05, 0) is 29.7 Å². The van der Waals surface area contributed by atoms with E-state index in [4.69, 9.17) is 9.72 Å². The molecule has 5 rings (SSSR count). The molecule has 0 radical (unpaired) electrons. The van der Waals surface area contributed by atoms with Crippen LogP contribution in [0.5, 0.6) is 5.75 Å². The number of aromatic nitrogens is 2. The van der Waals surface area contributed by atoms with Gasteiger partial charge in [0.1, 0.15) is 17.3 Å². The van der Waals surface area contributed by atoms with Crippen LogP contribution in [0.2, 0.25) is 0 Å². The van der Waals surface area contributed by atoms with Crippen molar-refractivity contribution in [2.45, 2.75) is 0 Å². The molecule has 0 bridgehead atoms. The molecule has 3 heteroatoms. The van der Waals surface area contributed by atoms with E-state index in [-0.39, 0.29) is 0 Å². The summed E-state index contributed by atoms with van der Waals surface area (Å²) in [5.74, 6) is 1.76. The number of methoxy groups -OCH3 is 1. The summed E-state index contributed by atoms with van der Waals surface area (Å²) >= 11 is 0. The first kappa shape index (κ1) is 15.6. The SMILES string of the molecule is COc1ccccc1-c1nc(-c2ccccc2)n2c1ccc1ccccc12. The molecule has 0 aliphatic carbocycles. The summed E-state index contributed by atoms with van der Waals surface area (Å²) in [5, 5.41) is 1.19. The molecule has 5 aromatic rings. The van der Waals surface area contributed by atoms with Gasteiger partial charge in [0, 0.05) is 11.1 Å². The molecule has 0 spiro atoms. The molecule has 3 nitrogen and oxygen atoms in total.